The molecule has 0 radical (unpaired) electrons. The third kappa shape index (κ3) is 45.7. The number of allylic oxidation sites excluding steroid dienone is 14. The highest BCUT2D eigenvalue weighted by Gasteiger charge is 2.19. The number of hydrogen-bond acceptors (Lipinski definition) is 6. The quantitative estimate of drug-likeness (QED) is 0.0263. The van der Waals surface area contributed by atoms with Crippen LogP contribution in [-0.2, 0) is 28.6 Å². The third-order valence-electron chi connectivity index (χ3n) is 10.1. The molecule has 0 saturated heterocycles. The van der Waals surface area contributed by atoms with Gasteiger partial charge in [-0.15, -0.1) is 0 Å². The molecule has 0 N–H and O–H groups in total. The summed E-state index contributed by atoms with van der Waals surface area (Å²) in [7, 11) is 0. The predicted molar refractivity (Wildman–Crippen MR) is 256 cm³/mol. The van der Waals surface area contributed by atoms with Crippen molar-refractivity contribution in [2.75, 3.05) is 13.2 Å². The topological polar surface area (TPSA) is 78.9 Å². The summed E-state index contributed by atoms with van der Waals surface area (Å²) in [4.78, 5) is 37.8. The van der Waals surface area contributed by atoms with E-state index in [9.17, 15) is 14.4 Å². The molecule has 0 amide bonds. The van der Waals surface area contributed by atoms with Gasteiger partial charge in [0.2, 0.25) is 0 Å². The van der Waals surface area contributed by atoms with Gasteiger partial charge in [0.05, 0.1) is 0 Å². The molecular formula is C54H90O6. The average Bonchev–Trinajstić information content (AvgIpc) is 3.24. The normalized spacial score (nSPS) is 12.8. The highest BCUT2D eigenvalue weighted by atomic mass is 16.6. The van der Waals surface area contributed by atoms with Gasteiger partial charge in [0.1, 0.15) is 13.2 Å². The molecule has 0 aromatic carbocycles. The summed E-state index contributed by atoms with van der Waals surface area (Å²) >= 11 is 0. The Balaban J connectivity index is 4.44. The first-order valence-electron chi connectivity index (χ1n) is 24.6. The van der Waals surface area contributed by atoms with Gasteiger partial charge in [-0.2, -0.15) is 0 Å². The zero-order valence-corrected chi connectivity index (χ0v) is 38.9. The van der Waals surface area contributed by atoms with Gasteiger partial charge in [0.15, 0.2) is 6.10 Å². The average molecular weight is 835 g/mol. The first-order valence-corrected chi connectivity index (χ1v) is 24.6. The van der Waals surface area contributed by atoms with E-state index in [4.69, 9.17) is 14.2 Å². The fourth-order valence-corrected chi connectivity index (χ4v) is 6.50. The second-order valence-corrected chi connectivity index (χ2v) is 16.0. The first kappa shape index (κ1) is 56.6. The van der Waals surface area contributed by atoms with Crippen LogP contribution in [0.4, 0.5) is 0 Å². The number of carbonyl (C=O) groups is 3. The molecule has 0 aliphatic rings. The molecule has 1 unspecified atom stereocenters. The zero-order chi connectivity index (χ0) is 43.7. The van der Waals surface area contributed by atoms with Gasteiger partial charge in [0, 0.05) is 19.3 Å². The van der Waals surface area contributed by atoms with E-state index < -0.39 is 6.10 Å². The fourth-order valence-electron chi connectivity index (χ4n) is 6.50. The second kappa shape index (κ2) is 48.3. The van der Waals surface area contributed by atoms with E-state index >= 15 is 0 Å². The van der Waals surface area contributed by atoms with Crippen molar-refractivity contribution in [3.63, 3.8) is 0 Å². The summed E-state index contributed by atoms with van der Waals surface area (Å²) in [5.41, 5.74) is 0. The summed E-state index contributed by atoms with van der Waals surface area (Å²) in [5, 5.41) is 0. The molecule has 1 atom stereocenters. The SMILES string of the molecule is CC/C=C\C/C=C\C/C=C\C/C=C\CCCCC(=O)OC(COC(=O)CCCCCCCCC/C=C\C/C=C\C/C=C\CC)COC(=O)CCCCCCCCCCCC. The Bertz CT molecular complexity index is 1190. The Labute approximate surface area is 369 Å². The van der Waals surface area contributed by atoms with E-state index in [-0.39, 0.29) is 37.5 Å². The second-order valence-electron chi connectivity index (χ2n) is 16.0. The molecular weight excluding hydrogens is 745 g/mol. The highest BCUT2D eigenvalue weighted by molar-refractivity contribution is 5.71. The molecule has 342 valence electrons. The van der Waals surface area contributed by atoms with Crippen LogP contribution in [-0.4, -0.2) is 37.2 Å². The number of carbonyl (C=O) groups excluding carboxylic acids is 3. The smallest absolute Gasteiger partial charge is 0.306 e. The molecule has 0 spiro atoms. The van der Waals surface area contributed by atoms with Crippen LogP contribution in [0.5, 0.6) is 0 Å². The number of rotatable bonds is 43. The van der Waals surface area contributed by atoms with Gasteiger partial charge < -0.3 is 14.2 Å². The van der Waals surface area contributed by atoms with Crippen molar-refractivity contribution in [1.29, 1.82) is 0 Å². The number of esters is 3. The summed E-state index contributed by atoms with van der Waals surface area (Å²) in [6, 6.07) is 0. The van der Waals surface area contributed by atoms with Crippen molar-refractivity contribution in [3.8, 4) is 0 Å². The molecule has 6 heteroatoms. The lowest BCUT2D eigenvalue weighted by atomic mass is 10.1. The fraction of sp³-hybridized carbons (Fsp3) is 0.685. The summed E-state index contributed by atoms with van der Waals surface area (Å²) < 4.78 is 16.7. The van der Waals surface area contributed by atoms with Gasteiger partial charge in [-0.05, 0) is 89.9 Å². The van der Waals surface area contributed by atoms with Crippen LogP contribution in [0.2, 0.25) is 0 Å². The molecule has 60 heavy (non-hydrogen) atoms. The van der Waals surface area contributed by atoms with Crippen LogP contribution in [0.1, 0.15) is 220 Å². The molecule has 0 bridgehead atoms. The Morgan fingerprint density at radius 3 is 1.05 bits per heavy atom. The van der Waals surface area contributed by atoms with Crippen LogP contribution < -0.4 is 0 Å². The standard InChI is InChI=1S/C54H90O6/c1-4-7-10-13-16-19-22-24-26-27-29-30-32-35-38-41-44-47-53(56)59-50-51(49-58-52(55)46-43-40-37-34-21-18-15-12-9-6-3)60-54(57)48-45-42-39-36-33-31-28-25-23-20-17-14-11-8-5-2/h7-8,10-11,16-17,19-20,24-26,28,33,36,51H,4-6,9,12-15,18,21-23,27,29-32,34-35,37-50H2,1-3H3/b10-7-,11-8-,19-16-,20-17-,26-24-,28-25-,36-33-. The Hall–Kier alpha value is -3.41. The molecule has 6 nitrogen and oxygen atoms in total. The van der Waals surface area contributed by atoms with E-state index in [1.807, 2.05) is 0 Å². The van der Waals surface area contributed by atoms with Gasteiger partial charge in [-0.3, -0.25) is 14.4 Å². The van der Waals surface area contributed by atoms with E-state index in [1.54, 1.807) is 0 Å². The lowest BCUT2D eigenvalue weighted by Crippen LogP contribution is -2.30. The van der Waals surface area contributed by atoms with Gasteiger partial charge in [0.25, 0.3) is 0 Å². The predicted octanol–water partition coefficient (Wildman–Crippen LogP) is 16.0. The molecule has 0 aromatic heterocycles. The van der Waals surface area contributed by atoms with Gasteiger partial charge in [-0.1, -0.05) is 196 Å². The van der Waals surface area contributed by atoms with Crippen molar-refractivity contribution in [2.24, 2.45) is 0 Å². The molecule has 0 saturated carbocycles. The maximum Gasteiger partial charge on any atom is 0.306 e. The van der Waals surface area contributed by atoms with E-state index in [2.05, 4.69) is 106 Å². The van der Waals surface area contributed by atoms with Crippen molar-refractivity contribution in [1.82, 2.24) is 0 Å². The molecule has 0 heterocycles. The minimum atomic E-state index is -0.799. The van der Waals surface area contributed by atoms with Crippen LogP contribution in [0, 0.1) is 0 Å². The first-order chi connectivity index (χ1) is 29.5. The largest absolute Gasteiger partial charge is 0.462 e. The maximum atomic E-state index is 12.7. The molecule has 0 aliphatic heterocycles. The lowest BCUT2D eigenvalue weighted by Gasteiger charge is -2.18. The van der Waals surface area contributed by atoms with E-state index in [0.717, 1.165) is 103 Å². The number of unbranched alkanes of at least 4 members (excludes halogenated alkanes) is 18. The molecule has 0 aromatic rings. The molecule has 0 fully saturated rings. The monoisotopic (exact) mass is 835 g/mol. The number of hydrogen-bond donors (Lipinski definition) is 0. The van der Waals surface area contributed by atoms with Crippen molar-refractivity contribution in [2.45, 2.75) is 226 Å². The minimum Gasteiger partial charge on any atom is -0.462 e. The maximum absolute atomic E-state index is 12.7. The van der Waals surface area contributed by atoms with Crippen molar-refractivity contribution >= 4 is 17.9 Å². The summed E-state index contributed by atoms with van der Waals surface area (Å²) in [6.45, 7) is 6.35. The Kier molecular flexibility index (Phi) is 45.5. The highest BCUT2D eigenvalue weighted by Crippen LogP contribution is 2.14. The molecule has 0 aliphatic carbocycles. The Morgan fingerprint density at radius 2 is 0.650 bits per heavy atom. The number of ether oxygens (including phenoxy) is 3. The minimum absolute atomic E-state index is 0.0959. The van der Waals surface area contributed by atoms with Crippen LogP contribution >= 0.6 is 0 Å². The lowest BCUT2D eigenvalue weighted by molar-refractivity contribution is -0.167. The van der Waals surface area contributed by atoms with Crippen molar-refractivity contribution in [3.05, 3.63) is 85.1 Å². The van der Waals surface area contributed by atoms with E-state index in [0.29, 0.717) is 19.3 Å². The zero-order valence-electron chi connectivity index (χ0n) is 38.9. The van der Waals surface area contributed by atoms with Crippen LogP contribution in [0.3, 0.4) is 0 Å². The van der Waals surface area contributed by atoms with Crippen molar-refractivity contribution < 1.29 is 28.6 Å². The van der Waals surface area contributed by atoms with E-state index in [1.165, 1.54) is 70.6 Å². The Morgan fingerprint density at radius 1 is 0.350 bits per heavy atom. The van der Waals surface area contributed by atoms with Crippen LogP contribution in [0.15, 0.2) is 85.1 Å². The third-order valence-corrected chi connectivity index (χ3v) is 10.1. The summed E-state index contributed by atoms with van der Waals surface area (Å²) in [6.07, 6.45) is 61.4. The van der Waals surface area contributed by atoms with Crippen LogP contribution in [0.25, 0.3) is 0 Å². The van der Waals surface area contributed by atoms with Gasteiger partial charge in [-0.25, -0.2) is 0 Å². The summed E-state index contributed by atoms with van der Waals surface area (Å²) in [5.74, 6) is -0.953. The molecule has 0 rings (SSSR count). The van der Waals surface area contributed by atoms with Gasteiger partial charge >= 0.3 is 17.9 Å².